The van der Waals surface area contributed by atoms with Crippen LogP contribution in [0.4, 0.5) is 0 Å². The first kappa shape index (κ1) is 36.2. The molecular weight excluding hydrogens is 437 g/mol. The Morgan fingerprint density at radius 3 is 1.09 bits per heavy atom. The molecule has 0 aliphatic rings. The lowest BCUT2D eigenvalue weighted by Crippen LogP contribution is -3.00. The quantitative estimate of drug-likeness (QED) is 0.0693. The zero-order chi connectivity index (χ0) is 24.7. The number of halogens is 1. The second kappa shape index (κ2) is 24.7. The Labute approximate surface area is 217 Å². The van der Waals surface area contributed by atoms with Gasteiger partial charge >= 0.3 is 0 Å². The monoisotopic (exact) mass is 503 g/mol. The third kappa shape index (κ3) is 26.7. The predicted octanol–water partition coefficient (Wildman–Crippen LogP) is 7.13. The van der Waals surface area contributed by atoms with Crippen molar-refractivity contribution in [2.45, 2.75) is 162 Å². The van der Waals surface area contributed by atoms with E-state index in [1.807, 2.05) is 0 Å². The van der Waals surface area contributed by atoms with Gasteiger partial charge in [0.25, 0.3) is 0 Å². The van der Waals surface area contributed by atoms with Crippen LogP contribution in [0.3, 0.4) is 0 Å². The van der Waals surface area contributed by atoms with Crippen molar-refractivity contribution in [3.05, 3.63) is 0 Å². The van der Waals surface area contributed by atoms with E-state index in [0.29, 0.717) is 0 Å². The van der Waals surface area contributed by atoms with Crippen LogP contribution in [-0.4, -0.2) is 46.1 Å². The number of hydrogen-bond donors (Lipinski definition) is 0. The van der Waals surface area contributed by atoms with Gasteiger partial charge in [-0.2, -0.15) is 0 Å². The molecule has 208 valence electrons. The lowest BCUT2D eigenvalue weighted by atomic mass is 10.1. The minimum absolute atomic E-state index is 0. The van der Waals surface area contributed by atoms with E-state index in [1.54, 1.807) is 0 Å². The van der Waals surface area contributed by atoms with E-state index < -0.39 is 8.32 Å². The number of nitrogens with zero attached hydrogens (tertiary/aromatic N) is 1. The fourth-order valence-electron chi connectivity index (χ4n) is 4.92. The van der Waals surface area contributed by atoms with Crippen molar-refractivity contribution in [3.8, 4) is 0 Å². The molecule has 0 saturated heterocycles. The van der Waals surface area contributed by atoms with E-state index in [-0.39, 0.29) is 4.70 Å². The van der Waals surface area contributed by atoms with Gasteiger partial charge in [-0.3, -0.25) is 0 Å². The first-order chi connectivity index (χ1) is 15.8. The van der Waals surface area contributed by atoms with Crippen molar-refractivity contribution >= 4 is 8.32 Å². The van der Waals surface area contributed by atoms with Gasteiger partial charge in [0.1, 0.15) is 0 Å². The lowest BCUT2D eigenvalue weighted by Gasteiger charge is -2.35. The Balaban J connectivity index is 0. The highest BCUT2D eigenvalue weighted by Crippen LogP contribution is 2.17. The van der Waals surface area contributed by atoms with E-state index >= 15 is 0 Å². The molecule has 0 unspecified atom stereocenters. The summed E-state index contributed by atoms with van der Waals surface area (Å²) in [5, 5.41) is 0. The second-order valence-electron chi connectivity index (χ2n) is 12.1. The van der Waals surface area contributed by atoms with Crippen LogP contribution in [-0.2, 0) is 4.43 Å². The zero-order valence-electron chi connectivity index (χ0n) is 24.7. The van der Waals surface area contributed by atoms with Crippen molar-refractivity contribution in [3.63, 3.8) is 0 Å². The highest BCUT2D eigenvalue weighted by molar-refractivity contribution is 6.69. The van der Waals surface area contributed by atoms with Crippen LogP contribution in [0.15, 0.2) is 0 Å². The first-order valence-electron chi connectivity index (χ1n) is 15.3. The molecule has 0 aromatic carbocycles. The van der Waals surface area contributed by atoms with E-state index in [9.17, 15) is 0 Å². The predicted molar refractivity (Wildman–Crippen MR) is 154 cm³/mol. The van der Waals surface area contributed by atoms with Gasteiger partial charge in [0.05, 0.1) is 26.7 Å². The van der Waals surface area contributed by atoms with Gasteiger partial charge in [0.15, 0.2) is 8.32 Å². The van der Waals surface area contributed by atoms with Crippen LogP contribution in [0.1, 0.15) is 142 Å². The van der Waals surface area contributed by atoms with Crippen LogP contribution in [0, 0.1) is 0 Å². The molecule has 0 amide bonds. The van der Waals surface area contributed by atoms with Crippen LogP contribution in [0.5, 0.6) is 0 Å². The Morgan fingerprint density at radius 1 is 0.471 bits per heavy atom. The van der Waals surface area contributed by atoms with Gasteiger partial charge in [-0.1, -0.05) is 97.3 Å². The molecule has 34 heavy (non-hydrogen) atoms. The Hall–Kier alpha value is 0.0669. The molecule has 0 spiro atoms. The summed E-state index contributed by atoms with van der Waals surface area (Å²) in [5.41, 5.74) is 0. The standard InChI is InChI=1S/C30H66NOSi.FH/c1-7-9-11-13-15-17-19-23-27-31(3,28-24-20-18-16-14-12-10-8-2)29-25-21-22-26-30-32-33(4,5)6;/h7-30H2,1-6H3;1H/q+1;/p-1. The fraction of sp³-hybridized carbons (Fsp3) is 1.00. The van der Waals surface area contributed by atoms with E-state index in [2.05, 4.69) is 40.5 Å². The van der Waals surface area contributed by atoms with Gasteiger partial charge in [0.2, 0.25) is 0 Å². The van der Waals surface area contributed by atoms with Crippen molar-refractivity contribution in [1.29, 1.82) is 0 Å². The molecule has 0 bridgehead atoms. The van der Waals surface area contributed by atoms with Crippen molar-refractivity contribution in [2.75, 3.05) is 33.3 Å². The maximum Gasteiger partial charge on any atom is 0.183 e. The average Bonchev–Trinajstić information content (AvgIpc) is 2.76. The molecule has 0 aliphatic heterocycles. The largest absolute Gasteiger partial charge is 1.00 e. The Kier molecular flexibility index (Phi) is 26.4. The Bertz CT molecular complexity index is 380. The molecule has 0 aromatic heterocycles. The molecule has 4 heteroatoms. The van der Waals surface area contributed by atoms with Crippen LogP contribution >= 0.6 is 0 Å². The summed E-state index contributed by atoms with van der Waals surface area (Å²) in [5.74, 6) is 0. The summed E-state index contributed by atoms with van der Waals surface area (Å²) in [6.45, 7) is 16.7. The normalized spacial score (nSPS) is 12.2. The molecule has 2 nitrogen and oxygen atoms in total. The maximum atomic E-state index is 6.03. The summed E-state index contributed by atoms with van der Waals surface area (Å²) >= 11 is 0. The highest BCUT2D eigenvalue weighted by atomic mass is 28.4. The molecule has 0 rings (SSSR count). The highest BCUT2D eigenvalue weighted by Gasteiger charge is 2.20. The fourth-order valence-corrected chi connectivity index (χ4v) is 5.67. The topological polar surface area (TPSA) is 9.23 Å². The molecule has 0 N–H and O–H groups in total. The minimum atomic E-state index is -1.32. The molecule has 0 fully saturated rings. The van der Waals surface area contributed by atoms with Gasteiger partial charge in [-0.15, -0.1) is 0 Å². The van der Waals surface area contributed by atoms with E-state index in [0.717, 1.165) is 6.61 Å². The number of rotatable bonds is 26. The van der Waals surface area contributed by atoms with Gasteiger partial charge in [0, 0.05) is 6.61 Å². The van der Waals surface area contributed by atoms with Gasteiger partial charge in [-0.05, 0) is 64.6 Å². The molecule has 0 radical (unpaired) electrons. The summed E-state index contributed by atoms with van der Waals surface area (Å²) in [6.07, 6.45) is 28.4. The summed E-state index contributed by atoms with van der Waals surface area (Å²) in [7, 11) is 1.24. The third-order valence-electron chi connectivity index (χ3n) is 7.23. The summed E-state index contributed by atoms with van der Waals surface area (Å²) in [4.78, 5) is 0. The smallest absolute Gasteiger partial charge is 0.183 e. The SMILES string of the molecule is CCCCCCCCCC[N+](C)(CCCCCCCCCC)CCCCCCO[Si](C)(C)C.[F-]. The zero-order valence-corrected chi connectivity index (χ0v) is 25.7. The van der Waals surface area contributed by atoms with Crippen molar-refractivity contribution < 1.29 is 13.6 Å². The molecule has 0 heterocycles. The number of hydrogen-bond acceptors (Lipinski definition) is 1. The average molecular weight is 504 g/mol. The van der Waals surface area contributed by atoms with Crippen LogP contribution in [0.2, 0.25) is 19.6 Å². The third-order valence-corrected chi connectivity index (χ3v) is 8.30. The molecule has 0 aromatic rings. The van der Waals surface area contributed by atoms with E-state index in [4.69, 9.17) is 4.43 Å². The molecular formula is C30H66FNOSi. The molecule has 0 saturated carbocycles. The van der Waals surface area contributed by atoms with Crippen LogP contribution < -0.4 is 4.70 Å². The second-order valence-corrected chi connectivity index (χ2v) is 16.6. The van der Waals surface area contributed by atoms with Crippen molar-refractivity contribution in [2.24, 2.45) is 0 Å². The van der Waals surface area contributed by atoms with Crippen molar-refractivity contribution in [1.82, 2.24) is 0 Å². The first-order valence-corrected chi connectivity index (χ1v) is 18.7. The van der Waals surface area contributed by atoms with Gasteiger partial charge < -0.3 is 13.6 Å². The number of quaternary nitrogens is 1. The minimum Gasteiger partial charge on any atom is -1.00 e. The Morgan fingerprint density at radius 2 is 0.765 bits per heavy atom. The lowest BCUT2D eigenvalue weighted by molar-refractivity contribution is -0.910. The van der Waals surface area contributed by atoms with Gasteiger partial charge in [-0.25, -0.2) is 0 Å². The van der Waals surface area contributed by atoms with E-state index in [1.165, 1.54) is 153 Å². The maximum absolute atomic E-state index is 6.03. The molecule has 0 atom stereocenters. The number of unbranched alkanes of at least 4 members (excludes halogenated alkanes) is 17. The van der Waals surface area contributed by atoms with Crippen LogP contribution in [0.25, 0.3) is 0 Å². The summed E-state index contributed by atoms with van der Waals surface area (Å²) in [6, 6.07) is 0. The summed E-state index contributed by atoms with van der Waals surface area (Å²) < 4.78 is 7.36. The molecule has 0 aliphatic carbocycles.